The molecule has 2 nitrogen and oxygen atoms in total. The Morgan fingerprint density at radius 1 is 1.54 bits per heavy atom. The highest BCUT2D eigenvalue weighted by atomic mass is 19.1. The van der Waals surface area contributed by atoms with Gasteiger partial charge in [-0.3, -0.25) is 4.79 Å². The summed E-state index contributed by atoms with van der Waals surface area (Å²) < 4.78 is 13.0. The summed E-state index contributed by atoms with van der Waals surface area (Å²) in [5.74, 6) is -0.632. The normalized spacial score (nSPS) is 12.5. The van der Waals surface area contributed by atoms with Gasteiger partial charge in [-0.1, -0.05) is 18.2 Å². The summed E-state index contributed by atoms with van der Waals surface area (Å²) in [5.41, 5.74) is 0.178. The zero-order chi connectivity index (χ0) is 9.84. The number of carbonyl (C=O) groups excluding carboxylic acids is 1. The van der Waals surface area contributed by atoms with E-state index in [4.69, 9.17) is 0 Å². The molecule has 13 heavy (non-hydrogen) atoms. The largest absolute Gasteiger partial charge is 0.388 e. The smallest absolute Gasteiger partial charge is 0.132 e. The van der Waals surface area contributed by atoms with Crippen LogP contribution >= 0.6 is 0 Å². The van der Waals surface area contributed by atoms with Gasteiger partial charge in [0, 0.05) is 12.0 Å². The summed E-state index contributed by atoms with van der Waals surface area (Å²) in [7, 11) is 0. The molecule has 0 fully saturated rings. The predicted octanol–water partition coefficient (Wildman–Crippen LogP) is 1.84. The lowest BCUT2D eigenvalue weighted by molar-refractivity contribution is -0.118. The van der Waals surface area contributed by atoms with Crippen molar-refractivity contribution in [2.24, 2.45) is 0 Å². The van der Waals surface area contributed by atoms with Crippen LogP contribution in [0.5, 0.6) is 0 Å². The molecule has 0 aliphatic carbocycles. The third kappa shape index (κ3) is 2.63. The summed E-state index contributed by atoms with van der Waals surface area (Å²) in [6.07, 6.45) is -1.07. The van der Waals surface area contributed by atoms with Crippen molar-refractivity contribution in [1.82, 2.24) is 0 Å². The fourth-order valence-corrected chi connectivity index (χ4v) is 1.13. The van der Waals surface area contributed by atoms with Gasteiger partial charge in [0.1, 0.15) is 11.6 Å². The van der Waals surface area contributed by atoms with Crippen LogP contribution in [0.15, 0.2) is 24.3 Å². The minimum atomic E-state index is -1.03. The molecule has 1 aromatic rings. The number of hydrogen-bond acceptors (Lipinski definition) is 2. The fourth-order valence-electron chi connectivity index (χ4n) is 1.13. The van der Waals surface area contributed by atoms with Gasteiger partial charge in [-0.05, 0) is 13.0 Å². The third-order valence-electron chi connectivity index (χ3n) is 1.75. The summed E-state index contributed by atoms with van der Waals surface area (Å²) >= 11 is 0. The van der Waals surface area contributed by atoms with Crippen LogP contribution in [-0.4, -0.2) is 10.9 Å². The van der Waals surface area contributed by atoms with E-state index in [0.717, 1.165) is 0 Å². The van der Waals surface area contributed by atoms with E-state index in [-0.39, 0.29) is 17.8 Å². The van der Waals surface area contributed by atoms with Gasteiger partial charge in [-0.25, -0.2) is 4.39 Å². The maximum absolute atomic E-state index is 13.0. The Balaban J connectivity index is 2.82. The van der Waals surface area contributed by atoms with Crippen molar-refractivity contribution < 1.29 is 14.3 Å². The van der Waals surface area contributed by atoms with E-state index in [2.05, 4.69) is 0 Å². The Morgan fingerprint density at radius 3 is 2.69 bits per heavy atom. The van der Waals surface area contributed by atoms with E-state index in [9.17, 15) is 14.3 Å². The fraction of sp³-hybridized carbons (Fsp3) is 0.300. The van der Waals surface area contributed by atoms with Crippen LogP contribution in [0, 0.1) is 5.82 Å². The minimum Gasteiger partial charge on any atom is -0.388 e. The van der Waals surface area contributed by atoms with Crippen LogP contribution in [-0.2, 0) is 4.79 Å². The second kappa shape index (κ2) is 4.14. The van der Waals surface area contributed by atoms with Crippen LogP contribution < -0.4 is 0 Å². The van der Waals surface area contributed by atoms with Gasteiger partial charge in [0.15, 0.2) is 0 Å². The standard InChI is InChI=1S/C10H11FO2/c1-7(12)6-10(13)8-4-2-3-5-9(8)11/h2-5,10,13H,6H2,1H3/t10-/m1/s1. The van der Waals surface area contributed by atoms with Crippen molar-refractivity contribution in [3.05, 3.63) is 35.6 Å². The summed E-state index contributed by atoms with van der Waals surface area (Å²) in [5, 5.41) is 9.41. The van der Waals surface area contributed by atoms with Crippen LogP contribution in [0.25, 0.3) is 0 Å². The van der Waals surface area contributed by atoms with Gasteiger partial charge in [0.2, 0.25) is 0 Å². The number of aliphatic hydroxyl groups is 1. The van der Waals surface area contributed by atoms with Crippen molar-refractivity contribution in [2.75, 3.05) is 0 Å². The molecule has 0 aromatic heterocycles. The highest BCUT2D eigenvalue weighted by Gasteiger charge is 2.13. The number of halogens is 1. The monoisotopic (exact) mass is 182 g/mol. The maximum Gasteiger partial charge on any atom is 0.132 e. The SMILES string of the molecule is CC(=O)C[C@@H](O)c1ccccc1F. The molecule has 0 unspecified atom stereocenters. The first-order valence-corrected chi connectivity index (χ1v) is 4.03. The summed E-state index contributed by atoms with van der Waals surface area (Å²) in [6, 6.07) is 5.91. The lowest BCUT2D eigenvalue weighted by Gasteiger charge is -2.09. The molecule has 0 aliphatic rings. The van der Waals surface area contributed by atoms with Gasteiger partial charge in [0.25, 0.3) is 0 Å². The quantitative estimate of drug-likeness (QED) is 0.774. The second-order valence-corrected chi connectivity index (χ2v) is 2.94. The zero-order valence-electron chi connectivity index (χ0n) is 7.33. The number of hydrogen-bond donors (Lipinski definition) is 1. The number of aliphatic hydroxyl groups excluding tert-OH is 1. The Hall–Kier alpha value is -1.22. The Bertz CT molecular complexity index is 310. The first-order valence-electron chi connectivity index (χ1n) is 4.03. The van der Waals surface area contributed by atoms with E-state index < -0.39 is 11.9 Å². The molecule has 0 bridgehead atoms. The molecule has 0 saturated heterocycles. The third-order valence-corrected chi connectivity index (χ3v) is 1.75. The van der Waals surface area contributed by atoms with E-state index in [1.165, 1.54) is 19.1 Å². The molecule has 1 atom stereocenters. The number of rotatable bonds is 3. The van der Waals surface area contributed by atoms with Gasteiger partial charge >= 0.3 is 0 Å². The molecule has 0 heterocycles. The highest BCUT2D eigenvalue weighted by molar-refractivity contribution is 5.76. The number of ketones is 1. The molecule has 1 rings (SSSR count). The van der Waals surface area contributed by atoms with E-state index >= 15 is 0 Å². The van der Waals surface area contributed by atoms with Crippen LogP contribution in [0.1, 0.15) is 25.0 Å². The van der Waals surface area contributed by atoms with Crippen molar-refractivity contribution in [3.63, 3.8) is 0 Å². The Morgan fingerprint density at radius 2 is 2.15 bits per heavy atom. The molecule has 1 aromatic carbocycles. The average Bonchev–Trinajstić information content (AvgIpc) is 2.03. The minimum absolute atomic E-state index is 0.0407. The summed E-state index contributed by atoms with van der Waals surface area (Å²) in [4.78, 5) is 10.7. The lowest BCUT2D eigenvalue weighted by atomic mass is 10.0. The number of carbonyl (C=O) groups is 1. The van der Waals surface area contributed by atoms with Crippen molar-refractivity contribution >= 4 is 5.78 Å². The predicted molar refractivity (Wildman–Crippen MR) is 46.7 cm³/mol. The highest BCUT2D eigenvalue weighted by Crippen LogP contribution is 2.19. The van der Waals surface area contributed by atoms with Crippen LogP contribution in [0.4, 0.5) is 4.39 Å². The van der Waals surface area contributed by atoms with Gasteiger partial charge in [0.05, 0.1) is 6.10 Å². The van der Waals surface area contributed by atoms with E-state index in [0.29, 0.717) is 0 Å². The number of benzene rings is 1. The molecule has 3 heteroatoms. The van der Waals surface area contributed by atoms with Gasteiger partial charge < -0.3 is 5.11 Å². The van der Waals surface area contributed by atoms with E-state index in [1.54, 1.807) is 12.1 Å². The molecular formula is C10H11FO2. The molecule has 0 amide bonds. The first kappa shape index (κ1) is 9.86. The van der Waals surface area contributed by atoms with Crippen molar-refractivity contribution in [3.8, 4) is 0 Å². The van der Waals surface area contributed by atoms with Gasteiger partial charge in [-0.2, -0.15) is 0 Å². The first-order chi connectivity index (χ1) is 6.11. The maximum atomic E-state index is 13.0. The van der Waals surface area contributed by atoms with Gasteiger partial charge in [-0.15, -0.1) is 0 Å². The topological polar surface area (TPSA) is 37.3 Å². The molecule has 1 N–H and O–H groups in total. The molecule has 0 saturated carbocycles. The molecule has 0 radical (unpaired) electrons. The molecule has 0 spiro atoms. The van der Waals surface area contributed by atoms with Crippen molar-refractivity contribution in [1.29, 1.82) is 0 Å². The average molecular weight is 182 g/mol. The number of Topliss-reactive ketones (excluding diaryl/α,β-unsaturated/α-hetero) is 1. The molecule has 0 aliphatic heterocycles. The summed E-state index contributed by atoms with van der Waals surface area (Å²) in [6.45, 7) is 1.37. The van der Waals surface area contributed by atoms with Crippen LogP contribution in [0.2, 0.25) is 0 Å². The second-order valence-electron chi connectivity index (χ2n) is 2.94. The Kier molecular flexibility index (Phi) is 3.14. The molecular weight excluding hydrogens is 171 g/mol. The van der Waals surface area contributed by atoms with Crippen LogP contribution in [0.3, 0.4) is 0 Å². The lowest BCUT2D eigenvalue weighted by Crippen LogP contribution is -2.05. The Labute approximate surface area is 76.0 Å². The molecule has 70 valence electrons. The zero-order valence-corrected chi connectivity index (χ0v) is 7.33. The van der Waals surface area contributed by atoms with E-state index in [1.807, 2.05) is 0 Å². The van der Waals surface area contributed by atoms with Crippen molar-refractivity contribution in [2.45, 2.75) is 19.4 Å².